The number of hydrogen-bond acceptors (Lipinski definition) is 5. The van der Waals surface area contributed by atoms with Crippen LogP contribution in [-0.2, 0) is 14.2 Å². The molecule has 17 heavy (non-hydrogen) atoms. The fraction of sp³-hybridized carbons (Fsp3) is 1.00. The first-order valence-electron chi connectivity index (χ1n) is 6.17. The Labute approximate surface area is 101 Å². The van der Waals surface area contributed by atoms with Crippen LogP contribution in [-0.4, -0.2) is 52.6 Å². The van der Waals surface area contributed by atoms with Gasteiger partial charge in [0.2, 0.25) is 0 Å². The molecule has 0 unspecified atom stereocenters. The van der Waals surface area contributed by atoms with E-state index < -0.39 is 11.4 Å². The van der Waals surface area contributed by atoms with Gasteiger partial charge in [0.05, 0.1) is 6.61 Å². The normalized spacial score (nSPS) is 54.5. The topological polar surface area (TPSA) is 71.5 Å². The maximum Gasteiger partial charge on any atom is 0.164 e. The smallest absolute Gasteiger partial charge is 0.164 e. The first-order valence-corrected chi connectivity index (χ1v) is 6.17. The Morgan fingerprint density at radius 2 is 1.76 bits per heavy atom. The summed E-state index contributed by atoms with van der Waals surface area (Å²) < 4.78 is 17.6. The van der Waals surface area contributed by atoms with Gasteiger partial charge >= 0.3 is 0 Å². The van der Waals surface area contributed by atoms with E-state index >= 15 is 0 Å². The summed E-state index contributed by atoms with van der Waals surface area (Å²) in [5.41, 5.74) is -0.963. The summed E-state index contributed by atoms with van der Waals surface area (Å²) in [5, 5.41) is 18.9. The minimum absolute atomic E-state index is 0.0110. The fourth-order valence-electron chi connectivity index (χ4n) is 3.78. The summed E-state index contributed by atoms with van der Waals surface area (Å²) in [6.07, 6.45) is 0.265. The SMILES string of the molecule is CC1(C)O[C@@H]2[C@@H]3O[C@]3(C)[C@@H](CO)[C@]2(CCO)O1. The third-order valence-electron chi connectivity index (χ3n) is 4.46. The predicted octanol–water partition coefficient (Wildman–Crippen LogP) is 0.0387. The van der Waals surface area contributed by atoms with Crippen molar-refractivity contribution in [2.45, 2.75) is 56.4 Å². The van der Waals surface area contributed by atoms with Crippen LogP contribution in [0.1, 0.15) is 27.2 Å². The third-order valence-corrected chi connectivity index (χ3v) is 4.46. The summed E-state index contributed by atoms with van der Waals surface area (Å²) in [6, 6.07) is 0. The molecule has 3 fully saturated rings. The molecule has 5 heteroatoms. The predicted molar refractivity (Wildman–Crippen MR) is 58.3 cm³/mol. The van der Waals surface area contributed by atoms with Crippen LogP contribution in [0.15, 0.2) is 0 Å². The van der Waals surface area contributed by atoms with Gasteiger partial charge in [0.25, 0.3) is 0 Å². The van der Waals surface area contributed by atoms with Gasteiger partial charge in [-0.15, -0.1) is 0 Å². The fourth-order valence-corrected chi connectivity index (χ4v) is 3.78. The van der Waals surface area contributed by atoms with Gasteiger partial charge in [-0.3, -0.25) is 0 Å². The lowest BCUT2D eigenvalue weighted by Gasteiger charge is -2.36. The van der Waals surface area contributed by atoms with Gasteiger partial charge in [0.1, 0.15) is 23.4 Å². The van der Waals surface area contributed by atoms with Crippen molar-refractivity contribution in [1.82, 2.24) is 0 Å². The number of aliphatic hydroxyl groups is 2. The second-order valence-electron chi connectivity index (χ2n) is 5.93. The van der Waals surface area contributed by atoms with Crippen LogP contribution in [0.5, 0.6) is 0 Å². The van der Waals surface area contributed by atoms with Gasteiger partial charge in [-0.25, -0.2) is 0 Å². The maximum atomic E-state index is 9.64. The van der Waals surface area contributed by atoms with Crippen LogP contribution < -0.4 is 0 Å². The van der Waals surface area contributed by atoms with Gasteiger partial charge in [-0.05, 0) is 20.8 Å². The number of epoxide rings is 1. The van der Waals surface area contributed by atoms with Crippen molar-refractivity contribution in [2.24, 2.45) is 5.92 Å². The highest BCUT2D eigenvalue weighted by atomic mass is 16.8. The molecule has 1 aliphatic carbocycles. The van der Waals surface area contributed by atoms with Crippen molar-refractivity contribution < 1.29 is 24.4 Å². The first kappa shape index (κ1) is 11.9. The van der Waals surface area contributed by atoms with Crippen LogP contribution in [0.25, 0.3) is 0 Å². The molecule has 0 bridgehead atoms. The van der Waals surface area contributed by atoms with E-state index in [4.69, 9.17) is 14.2 Å². The van der Waals surface area contributed by atoms with E-state index in [-0.39, 0.29) is 36.9 Å². The lowest BCUT2D eigenvalue weighted by Crippen LogP contribution is -2.49. The molecular weight excluding hydrogens is 224 g/mol. The van der Waals surface area contributed by atoms with Crippen molar-refractivity contribution in [2.75, 3.05) is 13.2 Å². The first-order chi connectivity index (χ1) is 7.89. The Bertz CT molecular complexity index is 344. The molecule has 2 aliphatic heterocycles. The highest BCUT2D eigenvalue weighted by Gasteiger charge is 2.80. The van der Waals surface area contributed by atoms with Crippen LogP contribution >= 0.6 is 0 Å². The molecule has 0 aromatic rings. The Hall–Kier alpha value is -0.200. The molecular formula is C12H20O5. The van der Waals surface area contributed by atoms with Crippen LogP contribution in [0.4, 0.5) is 0 Å². The summed E-state index contributed by atoms with van der Waals surface area (Å²) >= 11 is 0. The van der Waals surface area contributed by atoms with Crippen LogP contribution in [0, 0.1) is 5.92 Å². The third kappa shape index (κ3) is 1.32. The zero-order valence-corrected chi connectivity index (χ0v) is 10.5. The summed E-state index contributed by atoms with van der Waals surface area (Å²) in [5.74, 6) is -0.820. The van der Waals surface area contributed by atoms with Gasteiger partial charge in [-0.1, -0.05) is 0 Å². The van der Waals surface area contributed by atoms with E-state index in [1.54, 1.807) is 0 Å². The quantitative estimate of drug-likeness (QED) is 0.686. The molecule has 1 saturated carbocycles. The van der Waals surface area contributed by atoms with Gasteiger partial charge in [-0.2, -0.15) is 0 Å². The van der Waals surface area contributed by atoms with Crippen molar-refractivity contribution in [3.8, 4) is 0 Å². The highest BCUT2D eigenvalue weighted by molar-refractivity contribution is 5.27. The Balaban J connectivity index is 1.98. The molecule has 2 heterocycles. The number of ether oxygens (including phenoxy) is 3. The molecule has 0 radical (unpaired) electrons. The average Bonchev–Trinajstić information content (AvgIpc) is 2.73. The van der Waals surface area contributed by atoms with Crippen molar-refractivity contribution >= 4 is 0 Å². The van der Waals surface area contributed by atoms with E-state index in [1.807, 2.05) is 20.8 Å². The second kappa shape index (κ2) is 3.22. The molecule has 2 N–H and O–H groups in total. The largest absolute Gasteiger partial charge is 0.396 e. The Morgan fingerprint density at radius 1 is 1.06 bits per heavy atom. The van der Waals surface area contributed by atoms with E-state index in [2.05, 4.69) is 0 Å². The van der Waals surface area contributed by atoms with Crippen molar-refractivity contribution in [1.29, 1.82) is 0 Å². The zero-order valence-electron chi connectivity index (χ0n) is 10.5. The summed E-state index contributed by atoms with van der Waals surface area (Å²) in [4.78, 5) is 0. The summed E-state index contributed by atoms with van der Waals surface area (Å²) in [6.45, 7) is 5.71. The van der Waals surface area contributed by atoms with Gasteiger partial charge in [0.15, 0.2) is 5.79 Å². The van der Waals surface area contributed by atoms with Crippen molar-refractivity contribution in [3.63, 3.8) is 0 Å². The lowest BCUT2D eigenvalue weighted by molar-refractivity contribution is -0.187. The molecule has 98 valence electrons. The van der Waals surface area contributed by atoms with Gasteiger partial charge < -0.3 is 24.4 Å². The average molecular weight is 244 g/mol. The highest BCUT2D eigenvalue weighted by Crippen LogP contribution is 2.64. The van der Waals surface area contributed by atoms with E-state index in [0.29, 0.717) is 6.42 Å². The monoisotopic (exact) mass is 244 g/mol. The van der Waals surface area contributed by atoms with E-state index in [1.165, 1.54) is 0 Å². The lowest BCUT2D eigenvalue weighted by atomic mass is 9.82. The van der Waals surface area contributed by atoms with Crippen LogP contribution in [0.2, 0.25) is 0 Å². The standard InChI is InChI=1S/C12H20O5/c1-10(2)15-9-8-11(3,16-8)7(6-14)12(9,17-10)4-5-13/h7-9,13-14H,4-6H2,1-3H3/t7-,8+,9-,11-,12+/m1/s1. The molecule has 3 aliphatic rings. The number of rotatable bonds is 3. The molecule has 3 rings (SSSR count). The molecule has 0 spiro atoms. The minimum atomic E-state index is -0.680. The molecule has 5 atom stereocenters. The maximum absolute atomic E-state index is 9.64. The van der Waals surface area contributed by atoms with E-state index in [9.17, 15) is 10.2 Å². The van der Waals surface area contributed by atoms with Crippen LogP contribution in [0.3, 0.4) is 0 Å². The Kier molecular flexibility index (Phi) is 2.25. The zero-order chi connectivity index (χ0) is 12.5. The van der Waals surface area contributed by atoms with Crippen molar-refractivity contribution in [3.05, 3.63) is 0 Å². The molecule has 0 aromatic carbocycles. The van der Waals surface area contributed by atoms with E-state index in [0.717, 1.165) is 0 Å². The number of fused-ring (bicyclic) bond motifs is 3. The Morgan fingerprint density at radius 3 is 2.35 bits per heavy atom. The minimum Gasteiger partial charge on any atom is -0.396 e. The molecule has 5 nitrogen and oxygen atoms in total. The summed E-state index contributed by atoms with van der Waals surface area (Å²) in [7, 11) is 0. The second-order valence-corrected chi connectivity index (χ2v) is 5.93. The molecule has 0 aromatic heterocycles. The van der Waals surface area contributed by atoms with Gasteiger partial charge in [0, 0.05) is 18.9 Å². The number of hydrogen-bond donors (Lipinski definition) is 2. The molecule has 2 saturated heterocycles. The number of aliphatic hydroxyl groups excluding tert-OH is 2. The molecule has 0 amide bonds.